The predicted octanol–water partition coefficient (Wildman–Crippen LogP) is -0.478. The first-order valence-electron chi connectivity index (χ1n) is 5.99. The van der Waals surface area contributed by atoms with Gasteiger partial charge in [0.1, 0.15) is 0 Å². The number of likely N-dealkylation sites (tertiary alicyclic amines) is 1. The van der Waals surface area contributed by atoms with Crippen molar-refractivity contribution in [2.24, 2.45) is 0 Å². The van der Waals surface area contributed by atoms with Crippen LogP contribution in [0.4, 0.5) is 0 Å². The molecule has 18 heavy (non-hydrogen) atoms. The summed E-state index contributed by atoms with van der Waals surface area (Å²) in [6.07, 6.45) is 0.437. The molecule has 2 N–H and O–H groups in total. The number of amides is 1. The number of hydrogen-bond donors (Lipinski definition) is 2. The zero-order valence-electron chi connectivity index (χ0n) is 10.6. The molecule has 1 unspecified atom stereocenters. The van der Waals surface area contributed by atoms with Gasteiger partial charge in [0.25, 0.3) is 0 Å². The molecule has 0 radical (unpaired) electrons. The van der Waals surface area contributed by atoms with E-state index in [0.29, 0.717) is 30.9 Å². The number of aliphatic hydroxyl groups excluding tert-OH is 1. The molecule has 98 valence electrons. The highest BCUT2D eigenvalue weighted by atomic mass is 16.3. The molecule has 2 rings (SSSR count). The highest BCUT2D eigenvalue weighted by Gasteiger charge is 2.25. The van der Waals surface area contributed by atoms with Crippen LogP contribution in [0.2, 0.25) is 0 Å². The minimum absolute atomic E-state index is 0.0356. The maximum absolute atomic E-state index is 12.0. The second kappa shape index (κ2) is 4.89. The van der Waals surface area contributed by atoms with Gasteiger partial charge in [-0.1, -0.05) is 0 Å². The molecule has 1 fully saturated rings. The second-order valence-corrected chi connectivity index (χ2v) is 4.69. The van der Waals surface area contributed by atoms with Crippen molar-refractivity contribution < 1.29 is 9.90 Å². The molecule has 6 heteroatoms. The smallest absolute Gasteiger partial charge is 0.345 e. The zero-order chi connectivity index (χ0) is 13.3. The highest BCUT2D eigenvalue weighted by Crippen LogP contribution is 2.13. The number of H-pyrrole nitrogens is 1. The molecule has 1 aliphatic rings. The molecule has 1 amide bonds. The van der Waals surface area contributed by atoms with E-state index in [2.05, 4.69) is 9.97 Å². The summed E-state index contributed by atoms with van der Waals surface area (Å²) in [5, 5.41) is 9.41. The van der Waals surface area contributed by atoms with E-state index in [1.165, 1.54) is 0 Å². The SMILES string of the molecule is Cc1nc(=O)[nH]c(C)c1CC(=O)N1CCC(O)C1. The first-order chi connectivity index (χ1) is 8.47. The molecule has 1 aromatic rings. The number of aryl methyl sites for hydroxylation is 2. The Hall–Kier alpha value is -1.69. The van der Waals surface area contributed by atoms with E-state index < -0.39 is 11.8 Å². The van der Waals surface area contributed by atoms with E-state index in [-0.39, 0.29) is 12.3 Å². The van der Waals surface area contributed by atoms with Gasteiger partial charge in [0.2, 0.25) is 5.91 Å². The van der Waals surface area contributed by atoms with E-state index in [9.17, 15) is 14.7 Å². The Kier molecular flexibility index (Phi) is 3.47. The number of β-amino-alcohol motifs (C(OH)–C–C–N with tert-alkyl or cyclic N) is 1. The number of nitrogens with one attached hydrogen (secondary N) is 1. The van der Waals surface area contributed by atoms with E-state index in [1.807, 2.05) is 0 Å². The van der Waals surface area contributed by atoms with Gasteiger partial charge < -0.3 is 15.0 Å². The van der Waals surface area contributed by atoms with Gasteiger partial charge in [-0.3, -0.25) is 4.79 Å². The molecule has 1 aliphatic heterocycles. The second-order valence-electron chi connectivity index (χ2n) is 4.69. The quantitative estimate of drug-likeness (QED) is 0.743. The standard InChI is InChI=1S/C12H17N3O3/c1-7-10(8(2)14-12(18)13-7)5-11(17)15-4-3-9(16)6-15/h9,16H,3-6H2,1-2H3,(H,13,14,18). The molecule has 0 bridgehead atoms. The van der Waals surface area contributed by atoms with Crippen LogP contribution in [0.1, 0.15) is 23.4 Å². The van der Waals surface area contributed by atoms with Crippen LogP contribution in [0.3, 0.4) is 0 Å². The van der Waals surface area contributed by atoms with Gasteiger partial charge in [-0.25, -0.2) is 4.79 Å². The van der Waals surface area contributed by atoms with Crippen LogP contribution in [0.5, 0.6) is 0 Å². The number of aliphatic hydroxyl groups is 1. The Labute approximate surface area is 105 Å². The number of rotatable bonds is 2. The van der Waals surface area contributed by atoms with Crippen LogP contribution < -0.4 is 5.69 Å². The summed E-state index contributed by atoms with van der Waals surface area (Å²) >= 11 is 0. The molecule has 2 heterocycles. The Morgan fingerprint density at radius 3 is 2.83 bits per heavy atom. The van der Waals surface area contributed by atoms with Crippen molar-refractivity contribution in [3.8, 4) is 0 Å². The van der Waals surface area contributed by atoms with Crippen molar-refractivity contribution in [3.63, 3.8) is 0 Å². The van der Waals surface area contributed by atoms with Gasteiger partial charge in [0.05, 0.1) is 12.5 Å². The van der Waals surface area contributed by atoms with E-state index in [1.54, 1.807) is 18.7 Å². The van der Waals surface area contributed by atoms with Crippen molar-refractivity contribution >= 4 is 5.91 Å². The first kappa shape index (κ1) is 12.8. The van der Waals surface area contributed by atoms with Gasteiger partial charge >= 0.3 is 5.69 Å². The predicted molar refractivity (Wildman–Crippen MR) is 65.2 cm³/mol. The van der Waals surface area contributed by atoms with Gasteiger partial charge in [-0.05, 0) is 20.3 Å². The van der Waals surface area contributed by atoms with Gasteiger partial charge in [-0.15, -0.1) is 0 Å². The lowest BCUT2D eigenvalue weighted by Crippen LogP contribution is -2.32. The lowest BCUT2D eigenvalue weighted by atomic mass is 10.1. The van der Waals surface area contributed by atoms with E-state index >= 15 is 0 Å². The number of aromatic nitrogens is 2. The average Bonchev–Trinajstić information content (AvgIpc) is 2.70. The molecule has 1 aromatic heterocycles. The molecule has 0 aromatic carbocycles. The molecule has 0 spiro atoms. The highest BCUT2D eigenvalue weighted by molar-refractivity contribution is 5.79. The van der Waals surface area contributed by atoms with Crippen LogP contribution in [0.25, 0.3) is 0 Å². The fourth-order valence-electron chi connectivity index (χ4n) is 2.25. The number of nitrogens with zero attached hydrogens (tertiary/aromatic N) is 2. The van der Waals surface area contributed by atoms with E-state index in [4.69, 9.17) is 0 Å². The molecule has 0 saturated carbocycles. The molecule has 1 atom stereocenters. The summed E-state index contributed by atoms with van der Waals surface area (Å²) in [5.74, 6) is -0.0356. The minimum atomic E-state index is -0.412. The molecular formula is C12H17N3O3. The Morgan fingerprint density at radius 1 is 1.56 bits per heavy atom. The topological polar surface area (TPSA) is 86.3 Å². The number of carbonyl (C=O) groups is 1. The van der Waals surface area contributed by atoms with E-state index in [0.717, 1.165) is 5.56 Å². The summed E-state index contributed by atoms with van der Waals surface area (Å²) in [6.45, 7) is 4.48. The Balaban J connectivity index is 2.14. The fraction of sp³-hybridized carbons (Fsp3) is 0.583. The summed E-state index contributed by atoms with van der Waals surface area (Å²) in [5.41, 5.74) is 1.64. The third-order valence-electron chi connectivity index (χ3n) is 3.30. The van der Waals surface area contributed by atoms with Crippen molar-refractivity contribution in [1.82, 2.24) is 14.9 Å². The summed E-state index contributed by atoms with van der Waals surface area (Å²) in [7, 11) is 0. The maximum Gasteiger partial charge on any atom is 0.345 e. The Bertz CT molecular complexity index is 498. The van der Waals surface area contributed by atoms with Gasteiger partial charge in [0.15, 0.2) is 0 Å². The average molecular weight is 251 g/mol. The molecule has 0 aliphatic carbocycles. The van der Waals surface area contributed by atoms with Gasteiger partial charge in [-0.2, -0.15) is 4.98 Å². The van der Waals surface area contributed by atoms with Crippen LogP contribution in [0.15, 0.2) is 4.79 Å². The van der Waals surface area contributed by atoms with Crippen molar-refractivity contribution in [3.05, 3.63) is 27.4 Å². The normalized spacial score (nSPS) is 19.3. The summed E-state index contributed by atoms with van der Waals surface area (Å²) in [4.78, 5) is 31.2. The van der Waals surface area contributed by atoms with Crippen LogP contribution in [0, 0.1) is 13.8 Å². The molecule has 1 saturated heterocycles. The number of carbonyl (C=O) groups excluding carboxylic acids is 1. The first-order valence-corrected chi connectivity index (χ1v) is 5.99. The van der Waals surface area contributed by atoms with Crippen LogP contribution in [-0.2, 0) is 11.2 Å². The van der Waals surface area contributed by atoms with Crippen molar-refractivity contribution in [2.45, 2.75) is 32.8 Å². The summed E-state index contributed by atoms with van der Waals surface area (Å²) < 4.78 is 0. The molecular weight excluding hydrogens is 234 g/mol. The van der Waals surface area contributed by atoms with Crippen LogP contribution in [-0.4, -0.2) is 45.1 Å². The number of aromatic amines is 1. The zero-order valence-corrected chi connectivity index (χ0v) is 10.6. The maximum atomic E-state index is 12.0. The minimum Gasteiger partial charge on any atom is -0.391 e. The van der Waals surface area contributed by atoms with Gasteiger partial charge in [0, 0.05) is 30.0 Å². The van der Waals surface area contributed by atoms with Crippen molar-refractivity contribution in [2.75, 3.05) is 13.1 Å². The lowest BCUT2D eigenvalue weighted by Gasteiger charge is -2.16. The third-order valence-corrected chi connectivity index (χ3v) is 3.30. The fourth-order valence-corrected chi connectivity index (χ4v) is 2.25. The Morgan fingerprint density at radius 2 is 2.28 bits per heavy atom. The monoisotopic (exact) mass is 251 g/mol. The lowest BCUT2D eigenvalue weighted by molar-refractivity contribution is -0.129. The van der Waals surface area contributed by atoms with Crippen molar-refractivity contribution in [1.29, 1.82) is 0 Å². The number of hydrogen-bond acceptors (Lipinski definition) is 4. The molecule has 6 nitrogen and oxygen atoms in total. The van der Waals surface area contributed by atoms with Crippen LogP contribution >= 0.6 is 0 Å². The summed E-state index contributed by atoms with van der Waals surface area (Å²) in [6, 6.07) is 0. The third kappa shape index (κ3) is 2.59. The largest absolute Gasteiger partial charge is 0.391 e.